The van der Waals surface area contributed by atoms with Crippen LogP contribution in [0, 0.1) is 11.7 Å². The molecule has 0 aliphatic carbocycles. The van der Waals surface area contributed by atoms with E-state index in [1.54, 1.807) is 6.07 Å². The third-order valence-corrected chi connectivity index (χ3v) is 3.12. The van der Waals surface area contributed by atoms with Gasteiger partial charge in [0.05, 0.1) is 7.11 Å². The highest BCUT2D eigenvalue weighted by Gasteiger charge is 2.04. The van der Waals surface area contributed by atoms with E-state index >= 15 is 0 Å². The normalized spacial score (nSPS) is 11.9. The van der Waals surface area contributed by atoms with Crippen LogP contribution in [0.2, 0.25) is 0 Å². The average Bonchev–Trinajstić information content (AvgIpc) is 2.34. The molecule has 3 nitrogen and oxygen atoms in total. The van der Waals surface area contributed by atoms with Gasteiger partial charge in [-0.25, -0.2) is 4.39 Å². The number of halogens is 1. The summed E-state index contributed by atoms with van der Waals surface area (Å²) < 4.78 is 18.3. The minimum atomic E-state index is -0.353. The first-order chi connectivity index (χ1) is 8.52. The van der Waals surface area contributed by atoms with Crippen LogP contribution in [-0.2, 0) is 5.75 Å². The number of thioether (sulfide) groups is 1. The Morgan fingerprint density at radius 2 is 2.22 bits per heavy atom. The van der Waals surface area contributed by atoms with Crippen LogP contribution >= 0.6 is 11.8 Å². The van der Waals surface area contributed by atoms with Crippen LogP contribution in [0.5, 0.6) is 5.75 Å². The van der Waals surface area contributed by atoms with E-state index in [-0.39, 0.29) is 11.6 Å². The molecule has 1 rings (SSSR count). The SMILES string of the molecule is COc1ccc(CSC(N)=NCC(C)C)cc1F. The van der Waals surface area contributed by atoms with E-state index in [1.807, 2.05) is 6.07 Å². The second kappa shape index (κ2) is 7.26. The first-order valence-corrected chi connectivity index (χ1v) is 6.76. The molecule has 0 saturated carbocycles. The van der Waals surface area contributed by atoms with Gasteiger partial charge in [0.15, 0.2) is 16.7 Å². The molecule has 0 unspecified atom stereocenters. The zero-order valence-electron chi connectivity index (χ0n) is 10.9. The van der Waals surface area contributed by atoms with Gasteiger partial charge in [0, 0.05) is 12.3 Å². The number of aliphatic imine (C=N–C) groups is 1. The van der Waals surface area contributed by atoms with Crippen molar-refractivity contribution in [3.63, 3.8) is 0 Å². The van der Waals surface area contributed by atoms with Crippen molar-refractivity contribution in [3.05, 3.63) is 29.6 Å². The molecule has 0 amide bonds. The molecule has 100 valence electrons. The minimum Gasteiger partial charge on any atom is -0.494 e. The summed E-state index contributed by atoms with van der Waals surface area (Å²) in [4.78, 5) is 4.23. The molecule has 0 fully saturated rings. The van der Waals surface area contributed by atoms with Crippen molar-refractivity contribution in [1.29, 1.82) is 0 Å². The van der Waals surface area contributed by atoms with Gasteiger partial charge in [0.25, 0.3) is 0 Å². The number of methoxy groups -OCH3 is 1. The number of rotatable bonds is 5. The van der Waals surface area contributed by atoms with Crippen molar-refractivity contribution in [2.24, 2.45) is 16.6 Å². The van der Waals surface area contributed by atoms with E-state index in [2.05, 4.69) is 18.8 Å². The molecule has 0 spiro atoms. The smallest absolute Gasteiger partial charge is 0.165 e. The van der Waals surface area contributed by atoms with Gasteiger partial charge >= 0.3 is 0 Å². The summed E-state index contributed by atoms with van der Waals surface area (Å²) in [5, 5.41) is 0.542. The van der Waals surface area contributed by atoms with Crippen molar-refractivity contribution >= 4 is 16.9 Å². The fraction of sp³-hybridized carbons (Fsp3) is 0.462. The van der Waals surface area contributed by atoms with Gasteiger partial charge in [-0.3, -0.25) is 4.99 Å². The highest BCUT2D eigenvalue weighted by Crippen LogP contribution is 2.20. The zero-order chi connectivity index (χ0) is 13.5. The van der Waals surface area contributed by atoms with Gasteiger partial charge in [-0.1, -0.05) is 31.7 Å². The predicted molar refractivity (Wildman–Crippen MR) is 75.6 cm³/mol. The summed E-state index contributed by atoms with van der Waals surface area (Å²) in [6, 6.07) is 4.90. The molecule has 0 bridgehead atoms. The highest BCUT2D eigenvalue weighted by atomic mass is 32.2. The van der Waals surface area contributed by atoms with Crippen LogP contribution in [-0.4, -0.2) is 18.8 Å². The lowest BCUT2D eigenvalue weighted by atomic mass is 10.2. The van der Waals surface area contributed by atoms with E-state index in [0.717, 1.165) is 12.1 Å². The van der Waals surface area contributed by atoms with E-state index in [9.17, 15) is 4.39 Å². The zero-order valence-corrected chi connectivity index (χ0v) is 11.8. The monoisotopic (exact) mass is 270 g/mol. The first-order valence-electron chi connectivity index (χ1n) is 5.78. The number of benzene rings is 1. The van der Waals surface area contributed by atoms with Crippen LogP contribution < -0.4 is 10.5 Å². The molecule has 1 aromatic rings. The Morgan fingerprint density at radius 3 is 2.78 bits per heavy atom. The Hall–Kier alpha value is -1.23. The fourth-order valence-corrected chi connectivity index (χ4v) is 1.94. The molecule has 0 radical (unpaired) electrons. The van der Waals surface area contributed by atoms with Crippen molar-refractivity contribution in [1.82, 2.24) is 0 Å². The Labute approximate surface area is 112 Å². The van der Waals surface area contributed by atoms with Crippen molar-refractivity contribution in [2.75, 3.05) is 13.7 Å². The fourth-order valence-electron chi connectivity index (χ4n) is 1.28. The summed E-state index contributed by atoms with van der Waals surface area (Å²) >= 11 is 1.41. The lowest BCUT2D eigenvalue weighted by Gasteiger charge is -2.05. The maximum absolute atomic E-state index is 13.4. The van der Waals surface area contributed by atoms with Crippen LogP contribution in [0.3, 0.4) is 0 Å². The second-order valence-corrected chi connectivity index (χ2v) is 5.33. The maximum atomic E-state index is 13.4. The molecule has 1 aromatic carbocycles. The lowest BCUT2D eigenvalue weighted by Crippen LogP contribution is -2.09. The predicted octanol–water partition coefficient (Wildman–Crippen LogP) is 3.04. The van der Waals surface area contributed by atoms with Crippen LogP contribution in [0.15, 0.2) is 23.2 Å². The number of hydrogen-bond donors (Lipinski definition) is 1. The number of amidine groups is 1. The summed E-state index contributed by atoms with van der Waals surface area (Å²) in [6.45, 7) is 4.89. The second-order valence-electron chi connectivity index (χ2n) is 4.33. The largest absolute Gasteiger partial charge is 0.494 e. The maximum Gasteiger partial charge on any atom is 0.165 e. The van der Waals surface area contributed by atoms with Gasteiger partial charge in [-0.15, -0.1) is 0 Å². The van der Waals surface area contributed by atoms with E-state index in [4.69, 9.17) is 10.5 Å². The van der Waals surface area contributed by atoms with Gasteiger partial charge in [0.2, 0.25) is 0 Å². The van der Waals surface area contributed by atoms with Gasteiger partial charge in [-0.2, -0.15) is 0 Å². The molecule has 0 aliphatic rings. The lowest BCUT2D eigenvalue weighted by molar-refractivity contribution is 0.386. The molecule has 0 heterocycles. The number of nitrogens with zero attached hydrogens (tertiary/aromatic N) is 1. The van der Waals surface area contributed by atoms with Gasteiger partial charge in [0.1, 0.15) is 0 Å². The van der Waals surface area contributed by atoms with Gasteiger partial charge < -0.3 is 10.5 Å². The Morgan fingerprint density at radius 1 is 1.50 bits per heavy atom. The standard InChI is InChI=1S/C13H19FN2OS/c1-9(2)7-16-13(15)18-8-10-4-5-12(17-3)11(14)6-10/h4-6,9H,7-8H2,1-3H3,(H2,15,16). The molecule has 18 heavy (non-hydrogen) atoms. The van der Waals surface area contributed by atoms with Gasteiger partial charge in [-0.05, 0) is 23.6 Å². The number of nitrogens with two attached hydrogens (primary N) is 1. The Kier molecular flexibility index (Phi) is 5.98. The summed E-state index contributed by atoms with van der Waals surface area (Å²) in [7, 11) is 1.45. The summed E-state index contributed by atoms with van der Waals surface area (Å²) in [6.07, 6.45) is 0. The quantitative estimate of drug-likeness (QED) is 0.661. The molecule has 0 saturated heterocycles. The molecular formula is C13H19FN2OS. The molecule has 5 heteroatoms. The van der Waals surface area contributed by atoms with E-state index in [1.165, 1.54) is 24.9 Å². The third-order valence-electron chi connectivity index (χ3n) is 2.22. The molecule has 0 aliphatic heterocycles. The first kappa shape index (κ1) is 14.8. The van der Waals surface area contributed by atoms with Crippen molar-refractivity contribution in [3.8, 4) is 5.75 Å². The average molecular weight is 270 g/mol. The molecular weight excluding hydrogens is 251 g/mol. The summed E-state index contributed by atoms with van der Waals surface area (Å²) in [5.74, 6) is 0.995. The highest BCUT2D eigenvalue weighted by molar-refractivity contribution is 8.13. The Bertz CT molecular complexity index is 421. The Balaban J connectivity index is 2.53. The van der Waals surface area contributed by atoms with E-state index in [0.29, 0.717) is 16.8 Å². The number of ether oxygens (including phenoxy) is 1. The molecule has 2 N–H and O–H groups in total. The number of hydrogen-bond acceptors (Lipinski definition) is 3. The van der Waals surface area contributed by atoms with E-state index < -0.39 is 0 Å². The molecule has 0 aromatic heterocycles. The minimum absolute atomic E-state index is 0.255. The summed E-state index contributed by atoms with van der Waals surface area (Å²) in [5.41, 5.74) is 6.62. The third kappa shape index (κ3) is 4.96. The van der Waals surface area contributed by atoms with Crippen molar-refractivity contribution in [2.45, 2.75) is 19.6 Å². The van der Waals surface area contributed by atoms with Crippen molar-refractivity contribution < 1.29 is 9.13 Å². The van der Waals surface area contributed by atoms with Crippen LogP contribution in [0.1, 0.15) is 19.4 Å². The van der Waals surface area contributed by atoms with Crippen LogP contribution in [0.4, 0.5) is 4.39 Å². The van der Waals surface area contributed by atoms with Crippen LogP contribution in [0.25, 0.3) is 0 Å². The molecule has 0 atom stereocenters. The topological polar surface area (TPSA) is 47.6 Å².